The Balaban J connectivity index is 1.36. The van der Waals surface area contributed by atoms with E-state index in [1.54, 1.807) is 10.9 Å². The van der Waals surface area contributed by atoms with Gasteiger partial charge in [-0.25, -0.2) is 4.39 Å². The lowest BCUT2D eigenvalue weighted by atomic mass is 10.2. The molecule has 0 bridgehead atoms. The zero-order chi connectivity index (χ0) is 18.2. The average molecular weight is 353 g/mol. The zero-order valence-electron chi connectivity index (χ0n) is 15.1. The first-order valence-electron chi connectivity index (χ1n) is 8.97. The average Bonchev–Trinajstić information content (AvgIpc) is 3.13. The molecule has 0 saturated carbocycles. The maximum Gasteiger partial charge on any atom is 0.204 e. The van der Waals surface area contributed by atoms with E-state index in [1.807, 2.05) is 49.5 Å². The van der Waals surface area contributed by atoms with E-state index in [2.05, 4.69) is 20.3 Å². The summed E-state index contributed by atoms with van der Waals surface area (Å²) in [5, 5.41) is 12.6. The van der Waals surface area contributed by atoms with Crippen LogP contribution in [0.15, 0.2) is 54.6 Å². The van der Waals surface area contributed by atoms with E-state index in [0.717, 1.165) is 43.5 Å². The van der Waals surface area contributed by atoms with Crippen LogP contribution in [0.1, 0.15) is 24.8 Å². The Labute approximate surface area is 153 Å². The predicted octanol–water partition coefficient (Wildman–Crippen LogP) is 3.78. The minimum atomic E-state index is -0.133. The molecule has 0 fully saturated rings. The summed E-state index contributed by atoms with van der Waals surface area (Å²) in [6, 6.07) is 16.8. The van der Waals surface area contributed by atoms with Crippen molar-refractivity contribution < 1.29 is 4.39 Å². The molecule has 1 aromatic heterocycles. The molecule has 0 aliphatic carbocycles. The zero-order valence-corrected chi connectivity index (χ0v) is 15.1. The molecule has 5 nitrogen and oxygen atoms in total. The van der Waals surface area contributed by atoms with Gasteiger partial charge in [-0.3, -0.25) is 0 Å². The molecule has 0 N–H and O–H groups in total. The van der Waals surface area contributed by atoms with Gasteiger partial charge in [0.1, 0.15) is 5.82 Å². The Morgan fingerprint density at radius 3 is 2.54 bits per heavy atom. The quantitative estimate of drug-likeness (QED) is 0.549. The van der Waals surface area contributed by atoms with Crippen LogP contribution in [0.3, 0.4) is 0 Å². The van der Waals surface area contributed by atoms with Crippen molar-refractivity contribution >= 4 is 0 Å². The number of unbranched alkanes of at least 4 members (excludes halogenated alkanes) is 2. The van der Waals surface area contributed by atoms with Crippen LogP contribution < -0.4 is 0 Å². The number of tetrazole rings is 1. The summed E-state index contributed by atoms with van der Waals surface area (Å²) in [7, 11) is 2.03. The normalized spacial score (nSPS) is 11.2. The van der Waals surface area contributed by atoms with Gasteiger partial charge in [-0.2, -0.15) is 4.80 Å². The lowest BCUT2D eigenvalue weighted by molar-refractivity contribution is 0.309. The minimum absolute atomic E-state index is 0.133. The summed E-state index contributed by atoms with van der Waals surface area (Å²) in [6.45, 7) is 2.34. The molecule has 2 aromatic carbocycles. The number of halogens is 1. The molecule has 136 valence electrons. The van der Waals surface area contributed by atoms with Crippen LogP contribution in [0.5, 0.6) is 0 Å². The van der Waals surface area contributed by atoms with Crippen LogP contribution in [0, 0.1) is 5.82 Å². The number of aromatic nitrogens is 4. The van der Waals surface area contributed by atoms with Crippen molar-refractivity contribution in [2.75, 3.05) is 13.6 Å². The smallest absolute Gasteiger partial charge is 0.204 e. The van der Waals surface area contributed by atoms with Gasteiger partial charge < -0.3 is 4.90 Å². The molecule has 0 aliphatic heterocycles. The number of aryl methyl sites for hydroxylation is 1. The molecule has 0 spiro atoms. The van der Waals surface area contributed by atoms with E-state index in [0.29, 0.717) is 12.4 Å². The van der Waals surface area contributed by atoms with Gasteiger partial charge in [0.25, 0.3) is 0 Å². The lowest BCUT2D eigenvalue weighted by Crippen LogP contribution is -2.19. The topological polar surface area (TPSA) is 46.8 Å². The standard InChI is InChI=1S/C20H24FN5/c1-25(16-18-12-6-7-13-19(18)21)14-8-3-9-15-26-23-20(22-24-26)17-10-4-2-5-11-17/h2,4-7,10-13H,3,8-9,14-16H2,1H3. The number of nitrogens with zero attached hydrogens (tertiary/aromatic N) is 5. The second-order valence-electron chi connectivity index (χ2n) is 6.46. The third-order valence-corrected chi connectivity index (χ3v) is 4.28. The number of hydrogen-bond acceptors (Lipinski definition) is 4. The van der Waals surface area contributed by atoms with Crippen LogP contribution in [0.25, 0.3) is 11.4 Å². The predicted molar refractivity (Wildman–Crippen MR) is 99.8 cm³/mol. The second kappa shape index (κ2) is 9.20. The molecule has 26 heavy (non-hydrogen) atoms. The van der Waals surface area contributed by atoms with Gasteiger partial charge >= 0.3 is 0 Å². The summed E-state index contributed by atoms with van der Waals surface area (Å²) in [5.41, 5.74) is 1.73. The van der Waals surface area contributed by atoms with Gasteiger partial charge in [0.2, 0.25) is 5.82 Å². The lowest BCUT2D eigenvalue weighted by Gasteiger charge is -2.16. The van der Waals surface area contributed by atoms with Gasteiger partial charge in [-0.15, -0.1) is 10.2 Å². The maximum absolute atomic E-state index is 13.7. The second-order valence-corrected chi connectivity index (χ2v) is 6.46. The van der Waals surface area contributed by atoms with E-state index in [1.165, 1.54) is 6.07 Å². The highest BCUT2D eigenvalue weighted by Gasteiger charge is 2.06. The highest BCUT2D eigenvalue weighted by atomic mass is 19.1. The molecule has 0 aliphatic rings. The van der Waals surface area contributed by atoms with Crippen LogP contribution in [-0.4, -0.2) is 38.7 Å². The summed E-state index contributed by atoms with van der Waals surface area (Å²) in [6.07, 6.45) is 3.13. The van der Waals surface area contributed by atoms with Crippen molar-refractivity contribution in [3.63, 3.8) is 0 Å². The fourth-order valence-electron chi connectivity index (χ4n) is 2.85. The van der Waals surface area contributed by atoms with Crippen molar-refractivity contribution in [1.82, 2.24) is 25.1 Å². The van der Waals surface area contributed by atoms with Crippen LogP contribution in [0.4, 0.5) is 4.39 Å². The van der Waals surface area contributed by atoms with E-state index in [-0.39, 0.29) is 5.82 Å². The minimum Gasteiger partial charge on any atom is -0.302 e. The largest absolute Gasteiger partial charge is 0.302 e. The van der Waals surface area contributed by atoms with Crippen LogP contribution >= 0.6 is 0 Å². The first-order chi connectivity index (χ1) is 12.7. The van der Waals surface area contributed by atoms with Crippen molar-refractivity contribution in [3.05, 3.63) is 66.0 Å². The van der Waals surface area contributed by atoms with Crippen molar-refractivity contribution in [2.45, 2.75) is 32.4 Å². The van der Waals surface area contributed by atoms with Crippen LogP contribution in [0.2, 0.25) is 0 Å². The molecule has 1 heterocycles. The molecular formula is C20H24FN5. The molecule has 3 aromatic rings. The van der Waals surface area contributed by atoms with Gasteiger partial charge in [0, 0.05) is 17.7 Å². The summed E-state index contributed by atoms with van der Waals surface area (Å²) in [4.78, 5) is 3.81. The fourth-order valence-corrected chi connectivity index (χ4v) is 2.85. The van der Waals surface area contributed by atoms with Gasteiger partial charge in [-0.1, -0.05) is 55.0 Å². The van der Waals surface area contributed by atoms with E-state index in [4.69, 9.17) is 0 Å². The SMILES string of the molecule is CN(CCCCCn1nnc(-c2ccccc2)n1)Cc1ccccc1F. The monoisotopic (exact) mass is 353 g/mol. The third kappa shape index (κ3) is 5.20. The molecule has 0 amide bonds. The van der Waals surface area contributed by atoms with Gasteiger partial charge in [0.05, 0.1) is 6.54 Å². The number of hydrogen-bond donors (Lipinski definition) is 0. The molecule has 0 unspecified atom stereocenters. The Bertz CT molecular complexity index is 803. The maximum atomic E-state index is 13.7. The molecule has 0 saturated heterocycles. The fraction of sp³-hybridized carbons (Fsp3) is 0.350. The van der Waals surface area contributed by atoms with E-state index < -0.39 is 0 Å². The van der Waals surface area contributed by atoms with Gasteiger partial charge in [-0.05, 0) is 37.7 Å². The Hall–Kier alpha value is -2.60. The van der Waals surface area contributed by atoms with E-state index >= 15 is 0 Å². The summed E-state index contributed by atoms with van der Waals surface area (Å²) < 4.78 is 13.7. The van der Waals surface area contributed by atoms with Crippen molar-refractivity contribution in [3.8, 4) is 11.4 Å². The molecular weight excluding hydrogens is 329 g/mol. The van der Waals surface area contributed by atoms with E-state index in [9.17, 15) is 4.39 Å². The molecule has 3 rings (SSSR count). The molecule has 0 radical (unpaired) electrons. The third-order valence-electron chi connectivity index (χ3n) is 4.28. The first-order valence-corrected chi connectivity index (χ1v) is 8.97. The number of rotatable bonds is 9. The van der Waals surface area contributed by atoms with Crippen LogP contribution in [-0.2, 0) is 13.1 Å². The summed E-state index contributed by atoms with van der Waals surface area (Å²) >= 11 is 0. The first kappa shape index (κ1) is 18.2. The number of benzene rings is 2. The molecule has 0 atom stereocenters. The van der Waals surface area contributed by atoms with Crippen molar-refractivity contribution in [2.24, 2.45) is 0 Å². The Morgan fingerprint density at radius 1 is 0.962 bits per heavy atom. The van der Waals surface area contributed by atoms with Gasteiger partial charge in [0.15, 0.2) is 0 Å². The molecule has 6 heteroatoms. The highest BCUT2D eigenvalue weighted by Crippen LogP contribution is 2.12. The summed E-state index contributed by atoms with van der Waals surface area (Å²) in [5.74, 6) is 0.529. The Morgan fingerprint density at radius 2 is 1.73 bits per heavy atom. The van der Waals surface area contributed by atoms with Crippen molar-refractivity contribution in [1.29, 1.82) is 0 Å². The Kier molecular flexibility index (Phi) is 6.44. The highest BCUT2D eigenvalue weighted by molar-refractivity contribution is 5.52.